The number of anilines is 2. The Morgan fingerprint density at radius 2 is 1.95 bits per heavy atom. The van der Waals surface area contributed by atoms with Crippen molar-refractivity contribution in [2.45, 2.75) is 38.6 Å². The summed E-state index contributed by atoms with van der Waals surface area (Å²) in [5.74, 6) is 1.19. The Balaban J connectivity index is 1.61. The Kier molecular flexibility index (Phi) is 4.45. The van der Waals surface area contributed by atoms with Crippen molar-refractivity contribution in [1.29, 1.82) is 0 Å². The summed E-state index contributed by atoms with van der Waals surface area (Å²) >= 11 is 1.63. The molecule has 21 heavy (non-hydrogen) atoms. The molecule has 112 valence electrons. The molecule has 0 aliphatic carbocycles. The van der Waals surface area contributed by atoms with Crippen LogP contribution >= 0.6 is 11.3 Å². The lowest BCUT2D eigenvalue weighted by molar-refractivity contribution is 0.171. The number of likely N-dealkylation sites (tertiary alicyclic amines) is 1. The second-order valence-corrected chi connectivity index (χ2v) is 6.54. The van der Waals surface area contributed by atoms with Crippen molar-refractivity contribution in [3.05, 3.63) is 29.5 Å². The predicted octanol–water partition coefficient (Wildman–Crippen LogP) is 3.26. The van der Waals surface area contributed by atoms with Gasteiger partial charge in [0.25, 0.3) is 0 Å². The van der Waals surface area contributed by atoms with Gasteiger partial charge in [-0.05, 0) is 45.8 Å². The van der Waals surface area contributed by atoms with Crippen LogP contribution in [0.25, 0.3) is 0 Å². The molecule has 0 bridgehead atoms. The zero-order valence-corrected chi connectivity index (χ0v) is 13.3. The van der Waals surface area contributed by atoms with Crippen LogP contribution in [0.1, 0.15) is 38.3 Å². The second kappa shape index (κ2) is 6.49. The van der Waals surface area contributed by atoms with Crippen LogP contribution in [0.15, 0.2) is 23.8 Å². The third kappa shape index (κ3) is 3.57. The normalized spacial score (nSPS) is 17.3. The molecule has 3 rings (SSSR count). The quantitative estimate of drug-likeness (QED) is 0.939. The predicted molar refractivity (Wildman–Crippen MR) is 86.1 cm³/mol. The van der Waals surface area contributed by atoms with Crippen LogP contribution in [0.5, 0.6) is 0 Å². The highest BCUT2D eigenvalue weighted by Gasteiger charge is 2.23. The van der Waals surface area contributed by atoms with Crippen molar-refractivity contribution in [3.8, 4) is 0 Å². The highest BCUT2D eigenvalue weighted by Crippen LogP contribution is 2.31. The molecule has 5 nitrogen and oxygen atoms in total. The second-order valence-electron chi connectivity index (χ2n) is 5.68. The number of hydrogen-bond donors (Lipinski definition) is 1. The van der Waals surface area contributed by atoms with Crippen molar-refractivity contribution in [3.63, 3.8) is 0 Å². The van der Waals surface area contributed by atoms with E-state index < -0.39 is 0 Å². The van der Waals surface area contributed by atoms with Gasteiger partial charge in [0.15, 0.2) is 5.13 Å². The van der Waals surface area contributed by atoms with E-state index in [1.54, 1.807) is 29.8 Å². The Morgan fingerprint density at radius 1 is 1.24 bits per heavy atom. The molecule has 1 fully saturated rings. The number of hydrogen-bond acceptors (Lipinski definition) is 6. The molecule has 1 N–H and O–H groups in total. The van der Waals surface area contributed by atoms with Crippen LogP contribution in [-0.4, -0.2) is 39.0 Å². The molecule has 2 aromatic rings. The monoisotopic (exact) mass is 303 g/mol. The molecule has 0 amide bonds. The minimum Gasteiger partial charge on any atom is -0.301 e. The summed E-state index contributed by atoms with van der Waals surface area (Å²) in [5, 5.41) is 6.21. The fourth-order valence-corrected chi connectivity index (χ4v) is 3.49. The number of thiazole rings is 1. The molecule has 0 unspecified atom stereocenters. The first-order valence-corrected chi connectivity index (χ1v) is 8.34. The summed E-state index contributed by atoms with van der Waals surface area (Å²) in [6, 6.07) is 2.45. The van der Waals surface area contributed by atoms with Crippen LogP contribution in [0.4, 0.5) is 11.1 Å². The van der Waals surface area contributed by atoms with Gasteiger partial charge in [-0.3, -0.25) is 0 Å². The molecule has 1 aliphatic rings. The molecule has 2 aromatic heterocycles. The third-order valence-electron chi connectivity index (χ3n) is 3.98. The van der Waals surface area contributed by atoms with Gasteiger partial charge < -0.3 is 10.2 Å². The Morgan fingerprint density at radius 3 is 2.62 bits per heavy atom. The van der Waals surface area contributed by atoms with Gasteiger partial charge in [0.05, 0.1) is 5.69 Å². The lowest BCUT2D eigenvalue weighted by Gasteiger charge is -2.33. The van der Waals surface area contributed by atoms with Gasteiger partial charge in [-0.15, -0.1) is 11.3 Å². The first kappa shape index (κ1) is 14.4. The van der Waals surface area contributed by atoms with E-state index in [-0.39, 0.29) is 0 Å². The molecule has 0 atom stereocenters. The number of aromatic nitrogens is 3. The van der Waals surface area contributed by atoms with Crippen molar-refractivity contribution < 1.29 is 0 Å². The first-order valence-electron chi connectivity index (χ1n) is 7.46. The van der Waals surface area contributed by atoms with Crippen molar-refractivity contribution in [2.24, 2.45) is 0 Å². The van der Waals surface area contributed by atoms with Crippen LogP contribution in [0.3, 0.4) is 0 Å². The zero-order chi connectivity index (χ0) is 14.7. The molecule has 0 radical (unpaired) electrons. The van der Waals surface area contributed by atoms with Crippen LogP contribution in [-0.2, 0) is 0 Å². The maximum absolute atomic E-state index is 4.71. The summed E-state index contributed by atoms with van der Waals surface area (Å²) in [6.07, 6.45) is 5.85. The molecule has 0 aromatic carbocycles. The van der Waals surface area contributed by atoms with E-state index in [1.807, 2.05) is 0 Å². The van der Waals surface area contributed by atoms with Crippen LogP contribution < -0.4 is 5.32 Å². The van der Waals surface area contributed by atoms with E-state index in [9.17, 15) is 0 Å². The van der Waals surface area contributed by atoms with Gasteiger partial charge in [0.2, 0.25) is 5.95 Å². The summed E-state index contributed by atoms with van der Waals surface area (Å²) in [4.78, 5) is 15.6. The summed E-state index contributed by atoms with van der Waals surface area (Å²) in [6.45, 7) is 6.88. The van der Waals surface area contributed by atoms with Gasteiger partial charge >= 0.3 is 0 Å². The van der Waals surface area contributed by atoms with Crippen LogP contribution in [0, 0.1) is 0 Å². The van der Waals surface area contributed by atoms with Gasteiger partial charge in [-0.2, -0.15) is 0 Å². The van der Waals surface area contributed by atoms with Gasteiger partial charge in [-0.25, -0.2) is 15.0 Å². The largest absolute Gasteiger partial charge is 0.301 e. The molecular formula is C15H21N5S. The van der Waals surface area contributed by atoms with E-state index >= 15 is 0 Å². The van der Waals surface area contributed by atoms with E-state index in [4.69, 9.17) is 4.98 Å². The molecule has 1 saturated heterocycles. The number of piperidine rings is 1. The van der Waals surface area contributed by atoms with Crippen molar-refractivity contribution >= 4 is 22.4 Å². The molecule has 0 saturated carbocycles. The third-order valence-corrected chi connectivity index (χ3v) is 4.76. The van der Waals surface area contributed by atoms with E-state index in [2.05, 4.69) is 39.4 Å². The van der Waals surface area contributed by atoms with Crippen LogP contribution in [0.2, 0.25) is 0 Å². The first-order chi connectivity index (χ1) is 10.2. The van der Waals surface area contributed by atoms with Crippen molar-refractivity contribution in [2.75, 3.05) is 18.4 Å². The maximum atomic E-state index is 4.71. The van der Waals surface area contributed by atoms with Gasteiger partial charge in [0, 0.05) is 29.7 Å². The zero-order valence-electron chi connectivity index (χ0n) is 12.5. The van der Waals surface area contributed by atoms with E-state index in [1.165, 1.54) is 31.6 Å². The molecule has 0 spiro atoms. The SMILES string of the molecule is CC(C)N1CCC(c2csc(Nc3ncccn3)n2)CC1. The highest BCUT2D eigenvalue weighted by molar-refractivity contribution is 7.13. The van der Waals surface area contributed by atoms with Crippen molar-refractivity contribution in [1.82, 2.24) is 19.9 Å². The fourth-order valence-electron chi connectivity index (χ4n) is 2.70. The van der Waals surface area contributed by atoms with E-state index in [0.29, 0.717) is 17.9 Å². The topological polar surface area (TPSA) is 53.9 Å². The number of rotatable bonds is 4. The van der Waals surface area contributed by atoms with Gasteiger partial charge in [-0.1, -0.05) is 0 Å². The fraction of sp³-hybridized carbons (Fsp3) is 0.533. The minimum atomic E-state index is 0.587. The summed E-state index contributed by atoms with van der Waals surface area (Å²) < 4.78 is 0. The average Bonchev–Trinajstić information content (AvgIpc) is 2.97. The number of nitrogens with one attached hydrogen (secondary N) is 1. The molecule has 6 heteroatoms. The number of nitrogens with zero attached hydrogens (tertiary/aromatic N) is 4. The smallest absolute Gasteiger partial charge is 0.228 e. The Hall–Kier alpha value is -1.53. The molecule has 3 heterocycles. The standard InChI is InChI=1S/C15H21N5S/c1-11(2)20-8-4-12(5-9-20)13-10-21-15(18-13)19-14-16-6-3-7-17-14/h3,6-7,10-12H,4-5,8-9H2,1-2H3,(H,16,17,18,19). The summed E-state index contributed by atoms with van der Waals surface area (Å²) in [5.41, 5.74) is 1.21. The molecule has 1 aliphatic heterocycles. The Bertz CT molecular complexity index is 560. The highest BCUT2D eigenvalue weighted by atomic mass is 32.1. The average molecular weight is 303 g/mol. The maximum Gasteiger partial charge on any atom is 0.228 e. The van der Waals surface area contributed by atoms with E-state index in [0.717, 1.165) is 5.13 Å². The summed E-state index contributed by atoms with van der Waals surface area (Å²) in [7, 11) is 0. The minimum absolute atomic E-state index is 0.587. The lowest BCUT2D eigenvalue weighted by Crippen LogP contribution is -2.37. The van der Waals surface area contributed by atoms with Gasteiger partial charge in [0.1, 0.15) is 0 Å². The lowest BCUT2D eigenvalue weighted by atomic mass is 9.93. The molecular weight excluding hydrogens is 282 g/mol. The Labute approximate surface area is 129 Å².